The molecule has 2 aromatic rings. The lowest BCUT2D eigenvalue weighted by Gasteiger charge is -2.46. The van der Waals surface area contributed by atoms with Crippen LogP contribution < -0.4 is 0 Å². The Bertz CT molecular complexity index is 1770. The van der Waals surface area contributed by atoms with E-state index in [4.69, 9.17) is 16.3 Å². The smallest absolute Gasteiger partial charge is 0.416 e. The molecular weight excluding hydrogens is 620 g/mol. The van der Waals surface area contributed by atoms with E-state index in [0.29, 0.717) is 6.42 Å². The molecule has 2 aromatic carbocycles. The van der Waals surface area contributed by atoms with Crippen LogP contribution in [0.3, 0.4) is 0 Å². The number of carbonyl (C=O) groups excluding carboxylic acids is 1. The molecular formula is C33H35ClN2O8S. The van der Waals surface area contributed by atoms with E-state index in [0.717, 1.165) is 23.3 Å². The number of hydrogen-bond donors (Lipinski definition) is 1. The minimum Gasteiger partial charge on any atom is -0.464 e. The number of sulfone groups is 1. The molecule has 1 N–H and O–H groups in total. The number of nitro benzene ring substituents is 1. The van der Waals surface area contributed by atoms with E-state index in [1.165, 1.54) is 18.2 Å². The molecule has 1 saturated carbocycles. The molecule has 0 aromatic heterocycles. The molecule has 45 heavy (non-hydrogen) atoms. The highest BCUT2D eigenvalue weighted by molar-refractivity contribution is 7.96. The molecule has 3 aliphatic heterocycles. The Hall–Kier alpha value is -3.54. The quantitative estimate of drug-likeness (QED) is 0.280. The number of halogens is 1. The average molecular weight is 655 g/mol. The molecule has 238 valence electrons. The molecule has 1 amide bonds. The van der Waals surface area contributed by atoms with Gasteiger partial charge in [-0.3, -0.25) is 19.8 Å². The van der Waals surface area contributed by atoms with Gasteiger partial charge < -0.3 is 9.84 Å². The SMILES string of the molecule is C[C@@H]1CCC(C(C)(C)c2ccccc2)[C@H]([C@@H]2CC3=C(C(c4ccc(Cl)c([N+](=O)[O-])c4)C4=C(COCC4=O)N3C(=O)O)S2(=O)=O)C1. The highest BCUT2D eigenvalue weighted by Gasteiger charge is 2.57. The van der Waals surface area contributed by atoms with Crippen LogP contribution in [0.15, 0.2) is 70.4 Å². The summed E-state index contributed by atoms with van der Waals surface area (Å²) in [4.78, 5) is 38.2. The van der Waals surface area contributed by atoms with Gasteiger partial charge in [-0.15, -0.1) is 0 Å². The molecule has 12 heteroatoms. The van der Waals surface area contributed by atoms with E-state index < -0.39 is 43.5 Å². The number of nitro groups is 1. The first-order valence-corrected chi connectivity index (χ1v) is 17.0. The highest BCUT2D eigenvalue weighted by atomic mass is 35.5. The van der Waals surface area contributed by atoms with Gasteiger partial charge in [-0.1, -0.05) is 75.2 Å². The molecule has 5 atom stereocenters. The molecule has 6 rings (SSSR count). The third-order valence-electron chi connectivity index (χ3n) is 10.3. The van der Waals surface area contributed by atoms with Crippen molar-refractivity contribution in [1.82, 2.24) is 4.90 Å². The number of rotatable bonds is 5. The molecule has 0 bridgehead atoms. The third kappa shape index (κ3) is 5.09. The van der Waals surface area contributed by atoms with Gasteiger partial charge in [-0.25, -0.2) is 13.2 Å². The lowest BCUT2D eigenvalue weighted by atomic mass is 9.60. The molecule has 0 saturated heterocycles. The largest absolute Gasteiger partial charge is 0.464 e. The van der Waals surface area contributed by atoms with Crippen molar-refractivity contribution in [2.24, 2.45) is 17.8 Å². The Morgan fingerprint density at radius 2 is 1.82 bits per heavy atom. The fourth-order valence-corrected chi connectivity index (χ4v) is 11.0. The fourth-order valence-electron chi connectivity index (χ4n) is 8.22. The number of Topliss-reactive ketones (excluding diaryl/α,β-unsaturated/α-hetero) is 1. The Morgan fingerprint density at radius 1 is 1.11 bits per heavy atom. The summed E-state index contributed by atoms with van der Waals surface area (Å²) in [7, 11) is -4.22. The number of hydrogen-bond acceptors (Lipinski definition) is 7. The number of carboxylic acid groups (broad SMARTS) is 1. The van der Waals surface area contributed by atoms with Gasteiger partial charge in [0.2, 0.25) is 0 Å². The summed E-state index contributed by atoms with van der Waals surface area (Å²) in [5, 5.41) is 21.2. The lowest BCUT2D eigenvalue weighted by molar-refractivity contribution is -0.384. The van der Waals surface area contributed by atoms with Gasteiger partial charge >= 0.3 is 6.09 Å². The van der Waals surface area contributed by atoms with Crippen LogP contribution in [0.4, 0.5) is 10.5 Å². The molecule has 1 fully saturated rings. The van der Waals surface area contributed by atoms with Gasteiger partial charge in [0.15, 0.2) is 15.6 Å². The van der Waals surface area contributed by atoms with E-state index in [2.05, 4.69) is 32.9 Å². The van der Waals surface area contributed by atoms with Crippen LogP contribution in [0.5, 0.6) is 0 Å². The topological polar surface area (TPSA) is 144 Å². The van der Waals surface area contributed by atoms with Crippen molar-refractivity contribution in [3.63, 3.8) is 0 Å². The minimum atomic E-state index is -4.22. The maximum atomic E-state index is 15.0. The van der Waals surface area contributed by atoms with Gasteiger partial charge in [0.25, 0.3) is 5.69 Å². The first-order valence-electron chi connectivity index (χ1n) is 15.1. The molecule has 0 radical (unpaired) electrons. The van der Waals surface area contributed by atoms with Crippen molar-refractivity contribution in [2.45, 2.75) is 63.0 Å². The molecule has 10 nitrogen and oxygen atoms in total. The van der Waals surface area contributed by atoms with Crippen molar-refractivity contribution in [3.8, 4) is 0 Å². The molecule has 0 spiro atoms. The van der Waals surface area contributed by atoms with Gasteiger partial charge in [-0.05, 0) is 53.2 Å². The van der Waals surface area contributed by atoms with Crippen LogP contribution in [-0.2, 0) is 24.8 Å². The second kappa shape index (κ2) is 11.4. The van der Waals surface area contributed by atoms with Crippen LogP contribution in [-0.4, -0.2) is 53.7 Å². The zero-order valence-electron chi connectivity index (χ0n) is 25.2. The number of nitrogens with zero attached hydrogens (tertiary/aromatic N) is 2. The van der Waals surface area contributed by atoms with Crippen molar-refractivity contribution < 1.29 is 32.8 Å². The standard InChI is InChI=1S/C33H35ClN2O8S/c1-18-9-11-22(33(2,3)20-7-5-4-6-8-20)21(13-18)28-15-25-31(45(28,42)43)29(19-10-12-23(34)24(14-19)36(40)41)30-26(35(25)32(38)39)16-44-17-27(30)37/h4-8,10,12,14,18,21-22,28-29H,9,11,13,15-17H2,1-3H3,(H,38,39)/t18-,21-,22?,28+,29?/m1/s1. The predicted molar refractivity (Wildman–Crippen MR) is 167 cm³/mol. The number of allylic oxidation sites excluding steroid dienone is 2. The summed E-state index contributed by atoms with van der Waals surface area (Å²) in [6, 6.07) is 14.0. The number of ether oxygens (including phenoxy) is 1. The van der Waals surface area contributed by atoms with Gasteiger partial charge in [-0.2, -0.15) is 0 Å². The van der Waals surface area contributed by atoms with E-state index in [-0.39, 0.29) is 75.3 Å². The Kier molecular flexibility index (Phi) is 7.94. The van der Waals surface area contributed by atoms with Crippen LogP contribution in [0.25, 0.3) is 0 Å². The minimum absolute atomic E-state index is 0.0265. The van der Waals surface area contributed by atoms with Crippen molar-refractivity contribution >= 4 is 39.0 Å². The molecule has 1 aliphatic carbocycles. The summed E-state index contributed by atoms with van der Waals surface area (Å²) in [5.74, 6) is -1.87. The summed E-state index contributed by atoms with van der Waals surface area (Å²) < 4.78 is 35.4. The van der Waals surface area contributed by atoms with Gasteiger partial charge in [0.1, 0.15) is 11.6 Å². The summed E-state index contributed by atoms with van der Waals surface area (Å²) >= 11 is 6.12. The van der Waals surface area contributed by atoms with Gasteiger partial charge in [0, 0.05) is 23.8 Å². The number of amides is 1. The number of ketones is 1. The van der Waals surface area contributed by atoms with Crippen LogP contribution in [0.1, 0.15) is 63.5 Å². The summed E-state index contributed by atoms with van der Waals surface area (Å²) in [6.45, 7) is 5.81. The Labute approximate surface area is 266 Å². The Balaban J connectivity index is 1.53. The van der Waals surface area contributed by atoms with Gasteiger partial charge in [0.05, 0.1) is 33.3 Å². The molecule has 3 heterocycles. The predicted octanol–water partition coefficient (Wildman–Crippen LogP) is 6.61. The summed E-state index contributed by atoms with van der Waals surface area (Å²) in [5.41, 5.74) is 0.581. The zero-order valence-corrected chi connectivity index (χ0v) is 26.8. The highest BCUT2D eigenvalue weighted by Crippen LogP contribution is 2.57. The lowest BCUT2D eigenvalue weighted by Crippen LogP contribution is -2.44. The average Bonchev–Trinajstić information content (AvgIpc) is 3.26. The first-order chi connectivity index (χ1) is 21.2. The molecule has 4 aliphatic rings. The van der Waals surface area contributed by atoms with Crippen LogP contribution >= 0.6 is 11.6 Å². The van der Waals surface area contributed by atoms with E-state index >= 15 is 0 Å². The monoisotopic (exact) mass is 654 g/mol. The maximum Gasteiger partial charge on any atom is 0.416 e. The fraction of sp³-hybridized carbons (Fsp3) is 0.455. The van der Waals surface area contributed by atoms with E-state index in [1.807, 2.05) is 18.2 Å². The number of benzene rings is 2. The van der Waals surface area contributed by atoms with Crippen molar-refractivity contribution in [3.05, 3.63) is 96.7 Å². The van der Waals surface area contributed by atoms with Crippen LogP contribution in [0.2, 0.25) is 5.02 Å². The summed E-state index contributed by atoms with van der Waals surface area (Å²) in [6.07, 6.45) is 0.922. The van der Waals surface area contributed by atoms with Crippen molar-refractivity contribution in [1.29, 1.82) is 0 Å². The second-order valence-electron chi connectivity index (χ2n) is 13.2. The Morgan fingerprint density at radius 3 is 2.49 bits per heavy atom. The van der Waals surface area contributed by atoms with E-state index in [9.17, 15) is 33.2 Å². The number of carbonyl (C=O) groups is 2. The second-order valence-corrected chi connectivity index (χ2v) is 15.7. The first kappa shape index (κ1) is 31.4. The third-order valence-corrected chi connectivity index (χ3v) is 13.1. The van der Waals surface area contributed by atoms with Crippen molar-refractivity contribution in [2.75, 3.05) is 13.2 Å². The maximum absolute atomic E-state index is 15.0. The van der Waals surface area contributed by atoms with E-state index in [1.54, 1.807) is 0 Å². The van der Waals surface area contributed by atoms with Crippen LogP contribution in [0, 0.1) is 27.9 Å². The normalized spacial score (nSPS) is 28.1. The zero-order chi connectivity index (χ0) is 32.4. The molecule has 2 unspecified atom stereocenters.